The Hall–Kier alpha value is -0.710. The molecule has 1 saturated carbocycles. The van der Waals surface area contributed by atoms with Crippen molar-refractivity contribution in [2.24, 2.45) is 17.6 Å². The summed E-state index contributed by atoms with van der Waals surface area (Å²) in [5, 5.41) is 3.63. The number of anilines is 1. The van der Waals surface area contributed by atoms with Crippen LogP contribution in [0.2, 0.25) is 5.02 Å². The zero-order chi connectivity index (χ0) is 13.8. The van der Waals surface area contributed by atoms with E-state index in [4.69, 9.17) is 17.3 Å². The molecule has 0 unspecified atom stereocenters. The van der Waals surface area contributed by atoms with E-state index < -0.39 is 0 Å². The predicted octanol–water partition coefficient (Wildman–Crippen LogP) is 3.38. The maximum atomic E-state index is 12.2. The molecule has 104 valence electrons. The number of thioether (sulfide) groups is 1. The van der Waals surface area contributed by atoms with Crippen LogP contribution in [0, 0.1) is 11.8 Å². The van der Waals surface area contributed by atoms with Crippen molar-refractivity contribution in [1.29, 1.82) is 0 Å². The summed E-state index contributed by atoms with van der Waals surface area (Å²) in [5.41, 5.74) is 6.47. The summed E-state index contributed by atoms with van der Waals surface area (Å²) in [4.78, 5) is 13.2. The van der Waals surface area contributed by atoms with E-state index in [0.717, 1.165) is 29.8 Å². The minimum absolute atomic E-state index is 0.0454. The SMILES string of the molecule is CSc1ccc(NC(=O)[C@@H]2CCC[C@@H]2CN)cc1Cl. The van der Waals surface area contributed by atoms with Gasteiger partial charge in [0.25, 0.3) is 0 Å². The van der Waals surface area contributed by atoms with Crippen LogP contribution in [0.25, 0.3) is 0 Å². The summed E-state index contributed by atoms with van der Waals surface area (Å²) < 4.78 is 0. The zero-order valence-corrected chi connectivity index (χ0v) is 12.6. The molecule has 0 aliphatic heterocycles. The van der Waals surface area contributed by atoms with Crippen LogP contribution in [-0.2, 0) is 4.79 Å². The normalized spacial score (nSPS) is 22.5. The molecular weight excluding hydrogens is 280 g/mol. The maximum absolute atomic E-state index is 12.2. The molecule has 0 radical (unpaired) electrons. The van der Waals surface area contributed by atoms with Crippen molar-refractivity contribution >= 4 is 35.0 Å². The molecule has 1 aliphatic carbocycles. The van der Waals surface area contributed by atoms with Crippen molar-refractivity contribution in [3.63, 3.8) is 0 Å². The lowest BCUT2D eigenvalue weighted by molar-refractivity contribution is -0.120. The average Bonchev–Trinajstić information content (AvgIpc) is 2.87. The monoisotopic (exact) mass is 298 g/mol. The molecule has 3 nitrogen and oxygen atoms in total. The molecule has 1 aliphatic rings. The molecule has 19 heavy (non-hydrogen) atoms. The first-order valence-corrected chi connectivity index (χ1v) is 8.10. The highest BCUT2D eigenvalue weighted by atomic mass is 35.5. The van der Waals surface area contributed by atoms with Crippen molar-refractivity contribution in [3.05, 3.63) is 23.2 Å². The maximum Gasteiger partial charge on any atom is 0.227 e. The Morgan fingerprint density at radius 2 is 2.32 bits per heavy atom. The van der Waals surface area contributed by atoms with E-state index in [1.54, 1.807) is 17.8 Å². The van der Waals surface area contributed by atoms with Gasteiger partial charge in [-0.25, -0.2) is 0 Å². The highest BCUT2D eigenvalue weighted by Gasteiger charge is 2.31. The van der Waals surface area contributed by atoms with Gasteiger partial charge in [-0.3, -0.25) is 4.79 Å². The highest BCUT2D eigenvalue weighted by Crippen LogP contribution is 2.33. The van der Waals surface area contributed by atoms with Crippen LogP contribution < -0.4 is 11.1 Å². The summed E-state index contributed by atoms with van der Waals surface area (Å²) in [5.74, 6) is 0.436. The number of nitrogens with two attached hydrogens (primary N) is 1. The third-order valence-corrected chi connectivity index (χ3v) is 4.94. The van der Waals surface area contributed by atoms with Crippen molar-refractivity contribution in [2.75, 3.05) is 18.1 Å². The van der Waals surface area contributed by atoms with Gasteiger partial charge in [0.15, 0.2) is 0 Å². The summed E-state index contributed by atoms with van der Waals surface area (Å²) in [6, 6.07) is 5.62. The molecule has 0 aromatic heterocycles. The number of carbonyl (C=O) groups excluding carboxylic acids is 1. The van der Waals surface area contributed by atoms with Gasteiger partial charge in [0.05, 0.1) is 5.02 Å². The third-order valence-electron chi connectivity index (χ3n) is 3.72. The van der Waals surface area contributed by atoms with E-state index >= 15 is 0 Å². The predicted molar refractivity (Wildman–Crippen MR) is 81.7 cm³/mol. The van der Waals surface area contributed by atoms with Gasteiger partial charge >= 0.3 is 0 Å². The summed E-state index contributed by atoms with van der Waals surface area (Å²) in [6.45, 7) is 0.588. The molecule has 1 aromatic carbocycles. The quantitative estimate of drug-likeness (QED) is 0.838. The molecule has 0 heterocycles. The van der Waals surface area contributed by atoms with E-state index in [1.807, 2.05) is 18.4 Å². The molecule has 5 heteroatoms. The van der Waals surface area contributed by atoms with Gasteiger partial charge in [-0.1, -0.05) is 18.0 Å². The van der Waals surface area contributed by atoms with Gasteiger partial charge in [0.2, 0.25) is 5.91 Å². The van der Waals surface area contributed by atoms with Gasteiger partial charge in [0, 0.05) is 16.5 Å². The lowest BCUT2D eigenvalue weighted by Gasteiger charge is -2.17. The second-order valence-corrected chi connectivity index (χ2v) is 6.13. The van der Waals surface area contributed by atoms with Crippen molar-refractivity contribution in [1.82, 2.24) is 0 Å². The van der Waals surface area contributed by atoms with E-state index in [-0.39, 0.29) is 11.8 Å². The Morgan fingerprint density at radius 1 is 1.53 bits per heavy atom. The van der Waals surface area contributed by atoms with Gasteiger partial charge in [0.1, 0.15) is 0 Å². The number of carbonyl (C=O) groups is 1. The fourth-order valence-electron chi connectivity index (χ4n) is 2.64. The number of hydrogen-bond acceptors (Lipinski definition) is 3. The number of hydrogen-bond donors (Lipinski definition) is 2. The van der Waals surface area contributed by atoms with Crippen molar-refractivity contribution in [2.45, 2.75) is 24.2 Å². The molecule has 1 fully saturated rings. The standard InChI is InChI=1S/C14H19ClN2OS/c1-19-13-6-5-10(7-12(13)15)17-14(18)11-4-2-3-9(11)8-16/h5-7,9,11H,2-4,8,16H2,1H3,(H,17,18)/t9-,11-/m1/s1. The number of halogens is 1. The van der Waals surface area contributed by atoms with E-state index in [2.05, 4.69) is 5.32 Å². The van der Waals surface area contributed by atoms with Crippen molar-refractivity contribution in [3.8, 4) is 0 Å². The first-order chi connectivity index (χ1) is 9.15. The van der Waals surface area contributed by atoms with Crippen LogP contribution in [0.4, 0.5) is 5.69 Å². The highest BCUT2D eigenvalue weighted by molar-refractivity contribution is 7.98. The molecule has 1 aromatic rings. The van der Waals surface area contributed by atoms with E-state index in [0.29, 0.717) is 17.5 Å². The summed E-state index contributed by atoms with van der Waals surface area (Å²) in [7, 11) is 0. The smallest absolute Gasteiger partial charge is 0.227 e. The van der Waals surface area contributed by atoms with Crippen molar-refractivity contribution < 1.29 is 4.79 Å². The third kappa shape index (κ3) is 3.44. The van der Waals surface area contributed by atoms with Crippen LogP contribution >= 0.6 is 23.4 Å². The Morgan fingerprint density at radius 3 is 2.95 bits per heavy atom. The van der Waals surface area contributed by atoms with Crippen LogP contribution in [-0.4, -0.2) is 18.7 Å². The summed E-state index contributed by atoms with van der Waals surface area (Å²) in [6.07, 6.45) is 5.06. The molecule has 0 saturated heterocycles. The van der Waals surface area contributed by atoms with Crippen LogP contribution in [0.15, 0.2) is 23.1 Å². The van der Waals surface area contributed by atoms with Gasteiger partial charge in [-0.2, -0.15) is 0 Å². The molecule has 1 amide bonds. The zero-order valence-electron chi connectivity index (χ0n) is 11.0. The first kappa shape index (κ1) is 14.7. The van der Waals surface area contributed by atoms with Gasteiger partial charge in [-0.05, 0) is 49.8 Å². The average molecular weight is 299 g/mol. The topological polar surface area (TPSA) is 55.1 Å². The van der Waals surface area contributed by atoms with Crippen LogP contribution in [0.3, 0.4) is 0 Å². The number of benzene rings is 1. The molecule has 3 N–H and O–H groups in total. The molecule has 0 bridgehead atoms. The number of nitrogens with one attached hydrogen (secondary N) is 1. The minimum Gasteiger partial charge on any atom is -0.330 e. The van der Waals surface area contributed by atoms with E-state index in [9.17, 15) is 4.79 Å². The lowest BCUT2D eigenvalue weighted by atomic mass is 9.95. The van der Waals surface area contributed by atoms with Gasteiger partial charge in [-0.15, -0.1) is 11.8 Å². The van der Waals surface area contributed by atoms with Crippen LogP contribution in [0.1, 0.15) is 19.3 Å². The molecule has 0 spiro atoms. The first-order valence-electron chi connectivity index (χ1n) is 6.50. The number of amides is 1. The minimum atomic E-state index is 0.0454. The lowest BCUT2D eigenvalue weighted by Crippen LogP contribution is -2.29. The molecular formula is C14H19ClN2OS. The Labute approximate surface area is 123 Å². The fourth-order valence-corrected chi connectivity index (χ4v) is 3.51. The fraction of sp³-hybridized carbons (Fsp3) is 0.500. The second kappa shape index (κ2) is 6.64. The Kier molecular flexibility index (Phi) is 5.13. The molecule has 2 atom stereocenters. The summed E-state index contributed by atoms with van der Waals surface area (Å²) >= 11 is 7.73. The number of rotatable bonds is 4. The van der Waals surface area contributed by atoms with E-state index in [1.165, 1.54) is 0 Å². The largest absolute Gasteiger partial charge is 0.330 e. The Bertz CT molecular complexity index is 467. The van der Waals surface area contributed by atoms with Crippen LogP contribution in [0.5, 0.6) is 0 Å². The molecule has 2 rings (SSSR count). The second-order valence-electron chi connectivity index (χ2n) is 4.87. The van der Waals surface area contributed by atoms with Gasteiger partial charge < -0.3 is 11.1 Å². The Balaban J connectivity index is 2.04.